The van der Waals surface area contributed by atoms with Crippen LogP contribution in [0.3, 0.4) is 0 Å². The summed E-state index contributed by atoms with van der Waals surface area (Å²) in [6, 6.07) is 2.63. The number of nitrogens with one attached hydrogen (secondary N) is 3. The summed E-state index contributed by atoms with van der Waals surface area (Å²) in [6.45, 7) is 0. The number of alkyl halides is 1. The maximum atomic E-state index is 11.9. The molecule has 1 aliphatic heterocycles. The monoisotopic (exact) mass is 315 g/mol. The number of anilines is 1. The number of hydrazine groups is 1. The van der Waals surface area contributed by atoms with E-state index in [1.165, 1.54) is 6.20 Å². The summed E-state index contributed by atoms with van der Waals surface area (Å²) >= 11 is 3.14. The van der Waals surface area contributed by atoms with Crippen molar-refractivity contribution in [3.8, 4) is 0 Å². The molecular formula is C9H10BrN5O3. The van der Waals surface area contributed by atoms with Gasteiger partial charge in [0.25, 0.3) is 6.17 Å². The molecule has 3 unspecified atom stereocenters. The van der Waals surface area contributed by atoms with Gasteiger partial charge in [0.2, 0.25) is 5.91 Å². The lowest BCUT2D eigenvalue weighted by Crippen LogP contribution is -2.42. The smallest absolute Gasteiger partial charge is 0.292 e. The Morgan fingerprint density at radius 3 is 2.89 bits per heavy atom. The van der Waals surface area contributed by atoms with Crippen molar-refractivity contribution in [3.63, 3.8) is 0 Å². The minimum Gasteiger partial charge on any atom is -0.323 e. The second-order valence-electron chi connectivity index (χ2n) is 3.67. The van der Waals surface area contributed by atoms with Gasteiger partial charge in [-0.2, -0.15) is 5.43 Å². The number of amides is 1. The number of rotatable bonds is 3. The van der Waals surface area contributed by atoms with Crippen LogP contribution in [0.5, 0.6) is 0 Å². The lowest BCUT2D eigenvalue weighted by molar-refractivity contribution is -0.525. The normalized spacial score (nSPS) is 26.8. The third kappa shape index (κ3) is 2.63. The van der Waals surface area contributed by atoms with Crippen LogP contribution in [-0.4, -0.2) is 32.8 Å². The predicted molar refractivity (Wildman–Crippen MR) is 66.4 cm³/mol. The van der Waals surface area contributed by atoms with E-state index in [9.17, 15) is 14.9 Å². The summed E-state index contributed by atoms with van der Waals surface area (Å²) in [5.74, 6) is -0.373. The van der Waals surface area contributed by atoms with E-state index in [4.69, 9.17) is 0 Å². The highest BCUT2D eigenvalue weighted by atomic mass is 79.9. The third-order valence-corrected chi connectivity index (χ3v) is 3.47. The third-order valence-electron chi connectivity index (χ3n) is 2.45. The summed E-state index contributed by atoms with van der Waals surface area (Å²) in [6.07, 6.45) is 2.03. The lowest BCUT2D eigenvalue weighted by atomic mass is 10.2. The van der Waals surface area contributed by atoms with Gasteiger partial charge >= 0.3 is 0 Å². The lowest BCUT2D eigenvalue weighted by Gasteiger charge is -2.12. The second kappa shape index (κ2) is 5.38. The van der Waals surface area contributed by atoms with Gasteiger partial charge in [0, 0.05) is 11.1 Å². The first-order chi connectivity index (χ1) is 8.59. The van der Waals surface area contributed by atoms with Gasteiger partial charge in [-0.3, -0.25) is 19.9 Å². The Balaban J connectivity index is 2.01. The van der Waals surface area contributed by atoms with Gasteiger partial charge in [-0.1, -0.05) is 15.9 Å². The number of hydrogen-bond donors (Lipinski definition) is 3. The van der Waals surface area contributed by atoms with Crippen molar-refractivity contribution < 1.29 is 9.72 Å². The highest BCUT2D eigenvalue weighted by molar-refractivity contribution is 9.09. The Kier molecular flexibility index (Phi) is 3.84. The van der Waals surface area contributed by atoms with Gasteiger partial charge in [0.15, 0.2) is 0 Å². The zero-order valence-electron chi connectivity index (χ0n) is 9.04. The quantitative estimate of drug-likeness (QED) is 0.407. The molecule has 2 rings (SSSR count). The Bertz CT molecular complexity index is 457. The molecule has 18 heavy (non-hydrogen) atoms. The average Bonchev–Trinajstić information content (AvgIpc) is 2.72. The highest BCUT2D eigenvalue weighted by Gasteiger charge is 2.45. The average molecular weight is 316 g/mol. The van der Waals surface area contributed by atoms with Crippen LogP contribution in [-0.2, 0) is 4.79 Å². The molecule has 0 spiro atoms. The topological polar surface area (TPSA) is 109 Å². The molecule has 0 radical (unpaired) electrons. The summed E-state index contributed by atoms with van der Waals surface area (Å²) in [4.78, 5) is 25.3. The van der Waals surface area contributed by atoms with Crippen molar-refractivity contribution in [1.29, 1.82) is 0 Å². The van der Waals surface area contributed by atoms with Crippen molar-refractivity contribution in [2.24, 2.45) is 0 Å². The maximum absolute atomic E-state index is 11.9. The van der Waals surface area contributed by atoms with Crippen molar-refractivity contribution in [1.82, 2.24) is 15.8 Å². The van der Waals surface area contributed by atoms with Gasteiger partial charge < -0.3 is 5.32 Å². The van der Waals surface area contributed by atoms with E-state index >= 15 is 0 Å². The molecule has 0 bridgehead atoms. The van der Waals surface area contributed by atoms with Crippen LogP contribution in [0, 0.1) is 10.1 Å². The second-order valence-corrected chi connectivity index (χ2v) is 4.73. The fraction of sp³-hybridized carbons (Fsp3) is 0.333. The summed E-state index contributed by atoms with van der Waals surface area (Å²) in [7, 11) is 0. The SMILES string of the molecule is O=C(Nc1cccnc1)C1NNC([N+](=O)[O-])C1Br. The summed E-state index contributed by atoms with van der Waals surface area (Å²) in [5, 5.41) is 13.3. The van der Waals surface area contributed by atoms with E-state index in [2.05, 4.69) is 37.1 Å². The molecule has 3 atom stereocenters. The van der Waals surface area contributed by atoms with E-state index in [0.29, 0.717) is 5.69 Å². The van der Waals surface area contributed by atoms with E-state index < -0.39 is 22.0 Å². The standard InChI is InChI=1S/C9H10BrN5O3/c10-6-7(13-14-8(6)15(17)18)9(16)12-5-2-1-3-11-4-5/h1-4,6-8,13-14H,(H,12,16). The molecule has 9 heteroatoms. The van der Waals surface area contributed by atoms with Gasteiger partial charge in [-0.05, 0) is 12.1 Å². The van der Waals surface area contributed by atoms with Crippen molar-refractivity contribution in [3.05, 3.63) is 34.6 Å². The van der Waals surface area contributed by atoms with E-state index in [1.54, 1.807) is 18.3 Å². The van der Waals surface area contributed by atoms with E-state index in [0.717, 1.165) is 0 Å². The summed E-state index contributed by atoms with van der Waals surface area (Å²) in [5.41, 5.74) is 5.57. The van der Waals surface area contributed by atoms with Crippen LogP contribution in [0.15, 0.2) is 24.5 Å². The largest absolute Gasteiger partial charge is 0.323 e. The fourth-order valence-electron chi connectivity index (χ4n) is 1.55. The molecule has 1 fully saturated rings. The first-order valence-electron chi connectivity index (χ1n) is 5.09. The Morgan fingerprint density at radius 2 is 2.33 bits per heavy atom. The van der Waals surface area contributed by atoms with Crippen molar-refractivity contribution in [2.45, 2.75) is 17.0 Å². The molecule has 1 amide bonds. The molecule has 1 aliphatic rings. The summed E-state index contributed by atoms with van der Waals surface area (Å²) < 4.78 is 0. The Morgan fingerprint density at radius 1 is 1.56 bits per heavy atom. The number of nitro groups is 1. The van der Waals surface area contributed by atoms with Gasteiger partial charge in [-0.15, -0.1) is 0 Å². The van der Waals surface area contributed by atoms with Crippen molar-refractivity contribution in [2.75, 3.05) is 5.32 Å². The molecule has 2 heterocycles. The van der Waals surface area contributed by atoms with Crippen molar-refractivity contribution >= 4 is 27.5 Å². The van der Waals surface area contributed by atoms with Gasteiger partial charge in [-0.25, -0.2) is 5.43 Å². The van der Waals surface area contributed by atoms with Gasteiger partial charge in [0.05, 0.1) is 11.9 Å². The van der Waals surface area contributed by atoms with Crippen LogP contribution in [0.25, 0.3) is 0 Å². The number of aromatic nitrogens is 1. The number of carbonyl (C=O) groups excluding carboxylic acids is 1. The first-order valence-corrected chi connectivity index (χ1v) is 6.00. The van der Waals surface area contributed by atoms with E-state index in [-0.39, 0.29) is 5.91 Å². The fourth-order valence-corrected chi connectivity index (χ4v) is 2.25. The number of pyridine rings is 1. The number of halogens is 1. The van der Waals surface area contributed by atoms with Crippen LogP contribution in [0.2, 0.25) is 0 Å². The molecule has 3 N–H and O–H groups in total. The molecule has 0 aromatic carbocycles. The van der Waals surface area contributed by atoms with Crippen LogP contribution >= 0.6 is 15.9 Å². The zero-order chi connectivity index (χ0) is 13.1. The van der Waals surface area contributed by atoms with Crippen LogP contribution in [0.4, 0.5) is 5.69 Å². The molecule has 8 nitrogen and oxygen atoms in total. The molecule has 96 valence electrons. The molecule has 1 saturated heterocycles. The highest BCUT2D eigenvalue weighted by Crippen LogP contribution is 2.17. The molecule has 1 aromatic rings. The molecule has 1 aromatic heterocycles. The Hall–Kier alpha value is -1.58. The number of carbonyl (C=O) groups is 1. The molecule has 0 saturated carbocycles. The molecule has 0 aliphatic carbocycles. The minimum absolute atomic E-state index is 0.373. The predicted octanol–water partition coefficient (Wildman–Crippen LogP) is -0.137. The Labute approximate surface area is 110 Å². The number of hydrogen-bond acceptors (Lipinski definition) is 6. The number of nitrogens with zero attached hydrogens (tertiary/aromatic N) is 2. The maximum Gasteiger partial charge on any atom is 0.292 e. The van der Waals surface area contributed by atoms with Gasteiger partial charge in [0.1, 0.15) is 10.9 Å². The minimum atomic E-state index is -1.05. The molecular weight excluding hydrogens is 306 g/mol. The van der Waals surface area contributed by atoms with E-state index in [1.807, 2.05) is 0 Å². The van der Waals surface area contributed by atoms with Crippen LogP contribution in [0.1, 0.15) is 0 Å². The first kappa shape index (κ1) is 12.9. The zero-order valence-corrected chi connectivity index (χ0v) is 10.6. The van der Waals surface area contributed by atoms with Crippen LogP contribution < -0.4 is 16.2 Å².